The highest BCUT2D eigenvalue weighted by atomic mass is 79.9. The van der Waals surface area contributed by atoms with Gasteiger partial charge < -0.3 is 5.11 Å². The van der Waals surface area contributed by atoms with Gasteiger partial charge in [-0.1, -0.05) is 33.6 Å². The van der Waals surface area contributed by atoms with Crippen LogP contribution in [0, 0.1) is 20.8 Å². The first-order valence-corrected chi connectivity index (χ1v) is 5.50. The molecule has 0 saturated heterocycles. The standard InChI is InChI=1S/C11H15BrO/c1-7-4-8(2)11(9(3)5-7)10(13)6-12/h4-5,10,13H,6H2,1-3H3. The number of benzene rings is 1. The molecule has 1 rings (SSSR count). The summed E-state index contributed by atoms with van der Waals surface area (Å²) >= 11 is 3.29. The van der Waals surface area contributed by atoms with Gasteiger partial charge in [-0.05, 0) is 37.5 Å². The Morgan fingerprint density at radius 2 is 1.69 bits per heavy atom. The second kappa shape index (κ2) is 4.25. The van der Waals surface area contributed by atoms with Crippen LogP contribution in [-0.4, -0.2) is 10.4 Å². The molecule has 0 amide bonds. The zero-order chi connectivity index (χ0) is 10.0. The Balaban J connectivity index is 3.20. The van der Waals surface area contributed by atoms with Crippen LogP contribution >= 0.6 is 15.9 Å². The van der Waals surface area contributed by atoms with Gasteiger partial charge in [0, 0.05) is 5.33 Å². The summed E-state index contributed by atoms with van der Waals surface area (Å²) < 4.78 is 0. The van der Waals surface area contributed by atoms with E-state index in [4.69, 9.17) is 0 Å². The van der Waals surface area contributed by atoms with E-state index in [1.54, 1.807) is 0 Å². The molecule has 2 heteroatoms. The molecule has 0 aliphatic heterocycles. The van der Waals surface area contributed by atoms with Crippen molar-refractivity contribution in [3.05, 3.63) is 34.4 Å². The van der Waals surface area contributed by atoms with Crippen LogP contribution in [-0.2, 0) is 0 Å². The molecule has 0 bridgehead atoms. The van der Waals surface area contributed by atoms with Crippen LogP contribution in [0.2, 0.25) is 0 Å². The van der Waals surface area contributed by atoms with Crippen LogP contribution < -0.4 is 0 Å². The van der Waals surface area contributed by atoms with E-state index < -0.39 is 0 Å². The maximum atomic E-state index is 9.73. The number of aliphatic hydroxyl groups is 1. The summed E-state index contributed by atoms with van der Waals surface area (Å²) in [6.07, 6.45) is -0.388. The van der Waals surface area contributed by atoms with E-state index in [0.29, 0.717) is 5.33 Å². The van der Waals surface area contributed by atoms with Gasteiger partial charge in [0.2, 0.25) is 0 Å². The number of rotatable bonds is 2. The van der Waals surface area contributed by atoms with Crippen molar-refractivity contribution in [3.8, 4) is 0 Å². The Kier molecular flexibility index (Phi) is 3.51. The van der Waals surface area contributed by atoms with E-state index in [1.165, 1.54) is 16.7 Å². The minimum absolute atomic E-state index is 0.388. The molecule has 0 spiro atoms. The van der Waals surface area contributed by atoms with Gasteiger partial charge in [0.25, 0.3) is 0 Å². The predicted octanol–water partition coefficient (Wildman–Crippen LogP) is 3.04. The largest absolute Gasteiger partial charge is 0.388 e. The topological polar surface area (TPSA) is 20.2 Å². The lowest BCUT2D eigenvalue weighted by molar-refractivity contribution is 0.204. The smallest absolute Gasteiger partial charge is 0.0891 e. The molecule has 1 atom stereocenters. The third-order valence-corrected chi connectivity index (χ3v) is 2.83. The molecular formula is C11H15BrO. The lowest BCUT2D eigenvalue weighted by atomic mass is 9.96. The minimum atomic E-state index is -0.388. The van der Waals surface area contributed by atoms with Gasteiger partial charge in [-0.15, -0.1) is 0 Å². The summed E-state index contributed by atoms with van der Waals surface area (Å²) in [6, 6.07) is 4.21. The molecule has 1 N–H and O–H groups in total. The van der Waals surface area contributed by atoms with Crippen LogP contribution in [0.4, 0.5) is 0 Å². The molecule has 0 heterocycles. The zero-order valence-corrected chi connectivity index (χ0v) is 9.85. The summed E-state index contributed by atoms with van der Waals surface area (Å²) in [5, 5.41) is 10.3. The van der Waals surface area contributed by atoms with Crippen molar-refractivity contribution in [2.24, 2.45) is 0 Å². The molecule has 1 unspecified atom stereocenters. The number of hydrogen-bond donors (Lipinski definition) is 1. The first-order chi connectivity index (χ1) is 6.06. The fourth-order valence-corrected chi connectivity index (χ4v) is 2.12. The van der Waals surface area contributed by atoms with Gasteiger partial charge >= 0.3 is 0 Å². The zero-order valence-electron chi connectivity index (χ0n) is 8.26. The highest BCUT2D eigenvalue weighted by molar-refractivity contribution is 9.09. The van der Waals surface area contributed by atoms with Gasteiger partial charge in [-0.25, -0.2) is 0 Å². The van der Waals surface area contributed by atoms with Crippen LogP contribution in [0.3, 0.4) is 0 Å². The number of halogens is 1. The Morgan fingerprint density at radius 3 is 2.08 bits per heavy atom. The minimum Gasteiger partial charge on any atom is -0.388 e. The van der Waals surface area contributed by atoms with Gasteiger partial charge in [0.05, 0.1) is 6.10 Å². The summed E-state index contributed by atoms with van der Waals surface area (Å²) in [5.41, 5.74) is 4.65. The number of aliphatic hydroxyl groups excluding tert-OH is 1. The molecule has 0 saturated carbocycles. The summed E-state index contributed by atoms with van der Waals surface area (Å²) in [6.45, 7) is 6.16. The lowest BCUT2D eigenvalue weighted by Crippen LogP contribution is -2.04. The van der Waals surface area contributed by atoms with Crippen LogP contribution in [0.25, 0.3) is 0 Å². The molecular weight excluding hydrogens is 228 g/mol. The van der Waals surface area contributed by atoms with Gasteiger partial charge in [-0.3, -0.25) is 0 Å². The molecule has 0 aromatic heterocycles. The van der Waals surface area contributed by atoms with E-state index >= 15 is 0 Å². The van der Waals surface area contributed by atoms with Crippen molar-refractivity contribution >= 4 is 15.9 Å². The first kappa shape index (κ1) is 10.7. The average Bonchev–Trinajstić information content (AvgIpc) is 2.02. The molecule has 1 aromatic rings. The highest BCUT2D eigenvalue weighted by Gasteiger charge is 2.11. The normalized spacial score (nSPS) is 13.0. The monoisotopic (exact) mass is 242 g/mol. The van der Waals surface area contributed by atoms with Crippen molar-refractivity contribution in [2.45, 2.75) is 26.9 Å². The molecule has 1 aromatic carbocycles. The van der Waals surface area contributed by atoms with Crippen molar-refractivity contribution in [1.29, 1.82) is 0 Å². The second-order valence-corrected chi connectivity index (χ2v) is 4.13. The Morgan fingerprint density at radius 1 is 1.23 bits per heavy atom. The van der Waals surface area contributed by atoms with Gasteiger partial charge in [0.15, 0.2) is 0 Å². The van der Waals surface area contributed by atoms with Gasteiger partial charge in [-0.2, -0.15) is 0 Å². The number of alkyl halides is 1. The second-order valence-electron chi connectivity index (χ2n) is 3.48. The van der Waals surface area contributed by atoms with Crippen LogP contribution in [0.5, 0.6) is 0 Å². The van der Waals surface area contributed by atoms with E-state index in [2.05, 4.69) is 35.0 Å². The van der Waals surface area contributed by atoms with Crippen molar-refractivity contribution in [3.63, 3.8) is 0 Å². The summed E-state index contributed by atoms with van der Waals surface area (Å²) in [5.74, 6) is 0. The number of hydrogen-bond acceptors (Lipinski definition) is 1. The van der Waals surface area contributed by atoms with E-state index in [9.17, 15) is 5.11 Å². The van der Waals surface area contributed by atoms with Crippen LogP contribution in [0.1, 0.15) is 28.4 Å². The first-order valence-electron chi connectivity index (χ1n) is 4.38. The van der Waals surface area contributed by atoms with Crippen molar-refractivity contribution < 1.29 is 5.11 Å². The molecule has 0 radical (unpaired) electrons. The van der Waals surface area contributed by atoms with Crippen LogP contribution in [0.15, 0.2) is 12.1 Å². The molecule has 0 aliphatic carbocycles. The SMILES string of the molecule is Cc1cc(C)c(C(O)CBr)c(C)c1. The highest BCUT2D eigenvalue weighted by Crippen LogP contribution is 2.24. The molecule has 0 aliphatic rings. The van der Waals surface area contributed by atoms with E-state index in [-0.39, 0.29) is 6.10 Å². The average molecular weight is 243 g/mol. The summed E-state index contributed by atoms with van der Waals surface area (Å²) in [7, 11) is 0. The predicted molar refractivity (Wildman–Crippen MR) is 59.4 cm³/mol. The molecule has 72 valence electrons. The lowest BCUT2D eigenvalue weighted by Gasteiger charge is -2.15. The molecule has 13 heavy (non-hydrogen) atoms. The number of aryl methyl sites for hydroxylation is 3. The fourth-order valence-electron chi connectivity index (χ4n) is 1.79. The Labute approximate surface area is 87.9 Å². The third kappa shape index (κ3) is 2.32. The molecule has 0 fully saturated rings. The van der Waals surface area contributed by atoms with E-state index in [1.807, 2.05) is 13.8 Å². The Hall–Kier alpha value is -0.340. The maximum absolute atomic E-state index is 9.73. The third-order valence-electron chi connectivity index (χ3n) is 2.22. The van der Waals surface area contributed by atoms with E-state index in [0.717, 1.165) is 5.56 Å². The molecule has 1 nitrogen and oxygen atoms in total. The fraction of sp³-hybridized carbons (Fsp3) is 0.455. The van der Waals surface area contributed by atoms with Crippen molar-refractivity contribution in [2.75, 3.05) is 5.33 Å². The summed E-state index contributed by atoms with van der Waals surface area (Å²) in [4.78, 5) is 0. The van der Waals surface area contributed by atoms with Crippen molar-refractivity contribution in [1.82, 2.24) is 0 Å². The maximum Gasteiger partial charge on any atom is 0.0891 e. The quantitative estimate of drug-likeness (QED) is 0.791. The van der Waals surface area contributed by atoms with Gasteiger partial charge in [0.1, 0.15) is 0 Å². The Bertz CT molecular complexity index is 284.